The molecule has 1 atom stereocenters. The van der Waals surface area contributed by atoms with Gasteiger partial charge < -0.3 is 14.6 Å². The van der Waals surface area contributed by atoms with Crippen LogP contribution in [0.25, 0.3) is 0 Å². The highest BCUT2D eigenvalue weighted by atomic mass is 79.9. The number of hydrogen-bond donors (Lipinski definition) is 1. The topological polar surface area (TPSA) is 72.8 Å². The van der Waals surface area contributed by atoms with Crippen molar-refractivity contribution in [2.75, 3.05) is 13.2 Å². The van der Waals surface area contributed by atoms with Gasteiger partial charge in [0.2, 0.25) is 0 Å². The molecule has 0 bridgehead atoms. The van der Waals surface area contributed by atoms with Gasteiger partial charge in [-0.2, -0.15) is 0 Å². The first kappa shape index (κ1) is 13.9. The van der Waals surface area contributed by atoms with Crippen LogP contribution in [0, 0.1) is 5.92 Å². The predicted molar refractivity (Wildman–Crippen MR) is 70.9 cm³/mol. The zero-order valence-electron chi connectivity index (χ0n) is 10.3. The standard InChI is InChI=1S/C13H13BrO5/c1-7(4-11(15)16)12(17)8-5-9(14)13-10(6-8)18-2-3-19-13/h5-7H,2-4H2,1H3,(H,15,16). The molecule has 0 aromatic heterocycles. The fourth-order valence-corrected chi connectivity index (χ4v) is 2.45. The van der Waals surface area contributed by atoms with E-state index in [1.807, 2.05) is 0 Å². The summed E-state index contributed by atoms with van der Waals surface area (Å²) in [6, 6.07) is 3.23. The molecule has 1 aromatic carbocycles. The van der Waals surface area contributed by atoms with Gasteiger partial charge in [0.1, 0.15) is 13.2 Å². The lowest BCUT2D eigenvalue weighted by Gasteiger charge is -2.20. The number of carbonyl (C=O) groups excluding carboxylic acids is 1. The molecular formula is C13H13BrO5. The molecule has 6 heteroatoms. The van der Waals surface area contributed by atoms with E-state index in [1.165, 1.54) is 0 Å². The second kappa shape index (κ2) is 5.61. The molecule has 0 spiro atoms. The lowest BCUT2D eigenvalue weighted by molar-refractivity contribution is -0.137. The molecule has 5 nitrogen and oxygen atoms in total. The number of halogens is 1. The quantitative estimate of drug-likeness (QED) is 0.860. The van der Waals surface area contributed by atoms with Gasteiger partial charge in [-0.05, 0) is 28.1 Å². The molecule has 1 aliphatic rings. The highest BCUT2D eigenvalue weighted by Crippen LogP contribution is 2.39. The summed E-state index contributed by atoms with van der Waals surface area (Å²) in [5.74, 6) is -0.704. The molecule has 1 N–H and O–H groups in total. The third-order valence-electron chi connectivity index (χ3n) is 2.81. The van der Waals surface area contributed by atoms with Crippen molar-refractivity contribution in [1.82, 2.24) is 0 Å². The van der Waals surface area contributed by atoms with Crippen LogP contribution in [0.15, 0.2) is 16.6 Å². The Morgan fingerprint density at radius 2 is 2.05 bits per heavy atom. The van der Waals surface area contributed by atoms with Gasteiger partial charge in [-0.3, -0.25) is 9.59 Å². The SMILES string of the molecule is CC(CC(=O)O)C(=O)c1cc(Br)c2c(c1)OCCO2. The Labute approximate surface area is 118 Å². The van der Waals surface area contributed by atoms with Gasteiger partial charge in [-0.25, -0.2) is 0 Å². The zero-order chi connectivity index (χ0) is 14.0. The van der Waals surface area contributed by atoms with Gasteiger partial charge in [0.05, 0.1) is 10.9 Å². The number of aliphatic carboxylic acids is 1. The Morgan fingerprint density at radius 1 is 1.37 bits per heavy atom. The van der Waals surface area contributed by atoms with E-state index in [4.69, 9.17) is 14.6 Å². The average molecular weight is 329 g/mol. The third-order valence-corrected chi connectivity index (χ3v) is 3.40. The predicted octanol–water partition coefficient (Wildman–Crippen LogP) is 2.51. The summed E-state index contributed by atoms with van der Waals surface area (Å²) in [5.41, 5.74) is 0.421. The van der Waals surface area contributed by atoms with Crippen LogP contribution in [0.3, 0.4) is 0 Å². The van der Waals surface area contributed by atoms with Crippen LogP contribution in [0.2, 0.25) is 0 Å². The maximum absolute atomic E-state index is 12.1. The van der Waals surface area contributed by atoms with E-state index in [0.717, 1.165) is 0 Å². The molecule has 0 aliphatic carbocycles. The number of carboxylic acids is 1. The fourth-order valence-electron chi connectivity index (χ4n) is 1.89. The molecule has 1 aromatic rings. The van der Waals surface area contributed by atoms with Crippen molar-refractivity contribution < 1.29 is 24.2 Å². The Morgan fingerprint density at radius 3 is 2.74 bits per heavy atom. The molecule has 0 amide bonds. The third kappa shape index (κ3) is 3.07. The van der Waals surface area contributed by atoms with Gasteiger partial charge in [0, 0.05) is 11.5 Å². The Kier molecular flexibility index (Phi) is 4.09. The van der Waals surface area contributed by atoms with Crippen molar-refractivity contribution in [2.45, 2.75) is 13.3 Å². The fraction of sp³-hybridized carbons (Fsp3) is 0.385. The number of ketones is 1. The second-order valence-electron chi connectivity index (χ2n) is 4.35. The molecule has 102 valence electrons. The molecule has 0 fully saturated rings. The second-order valence-corrected chi connectivity index (χ2v) is 5.20. The van der Waals surface area contributed by atoms with E-state index in [1.54, 1.807) is 19.1 Å². The van der Waals surface area contributed by atoms with Crippen molar-refractivity contribution in [3.8, 4) is 11.5 Å². The highest BCUT2D eigenvalue weighted by Gasteiger charge is 2.23. The van der Waals surface area contributed by atoms with Gasteiger partial charge in [-0.15, -0.1) is 0 Å². The van der Waals surface area contributed by atoms with Crippen LogP contribution >= 0.6 is 15.9 Å². The van der Waals surface area contributed by atoms with Crippen molar-refractivity contribution in [3.63, 3.8) is 0 Å². The first-order chi connectivity index (χ1) is 8.99. The normalized spacial score (nSPS) is 14.8. The van der Waals surface area contributed by atoms with Gasteiger partial charge in [-0.1, -0.05) is 6.92 Å². The summed E-state index contributed by atoms with van der Waals surface area (Å²) in [6.07, 6.45) is -0.190. The minimum atomic E-state index is -0.988. The van der Waals surface area contributed by atoms with Gasteiger partial charge in [0.25, 0.3) is 0 Å². The molecule has 0 saturated heterocycles. The summed E-state index contributed by atoms with van der Waals surface area (Å²) in [7, 11) is 0. The summed E-state index contributed by atoms with van der Waals surface area (Å²) >= 11 is 3.33. The Bertz CT molecular complexity index is 526. The molecule has 1 unspecified atom stereocenters. The van der Waals surface area contributed by atoms with Crippen LogP contribution < -0.4 is 9.47 Å². The number of fused-ring (bicyclic) bond motifs is 1. The number of Topliss-reactive ketones (excluding diaryl/α,β-unsaturated/α-hetero) is 1. The van der Waals surface area contributed by atoms with Gasteiger partial charge >= 0.3 is 5.97 Å². The number of rotatable bonds is 4. The van der Waals surface area contributed by atoms with Crippen LogP contribution in [-0.4, -0.2) is 30.1 Å². The Hall–Kier alpha value is -1.56. The largest absolute Gasteiger partial charge is 0.486 e. The molecule has 1 heterocycles. The minimum Gasteiger partial charge on any atom is -0.486 e. The Balaban J connectivity index is 2.28. The number of benzene rings is 1. The lowest BCUT2D eigenvalue weighted by Crippen LogP contribution is -2.18. The van der Waals surface area contributed by atoms with Crippen molar-refractivity contribution in [2.24, 2.45) is 5.92 Å². The van der Waals surface area contributed by atoms with E-state index < -0.39 is 11.9 Å². The van der Waals surface area contributed by atoms with Gasteiger partial charge in [0.15, 0.2) is 17.3 Å². The molecule has 0 saturated carbocycles. The van der Waals surface area contributed by atoms with Crippen molar-refractivity contribution >= 4 is 27.7 Å². The number of carboxylic acid groups (broad SMARTS) is 1. The van der Waals surface area contributed by atoms with Crippen molar-refractivity contribution in [1.29, 1.82) is 0 Å². The zero-order valence-corrected chi connectivity index (χ0v) is 11.9. The maximum atomic E-state index is 12.1. The van der Waals surface area contributed by atoms with E-state index in [-0.39, 0.29) is 12.2 Å². The summed E-state index contributed by atoms with van der Waals surface area (Å²) in [6.45, 7) is 2.50. The summed E-state index contributed by atoms with van der Waals surface area (Å²) < 4.78 is 11.5. The molecule has 2 rings (SSSR count). The number of hydrogen-bond acceptors (Lipinski definition) is 4. The average Bonchev–Trinajstić information content (AvgIpc) is 2.37. The summed E-state index contributed by atoms with van der Waals surface area (Å²) in [5, 5.41) is 8.72. The highest BCUT2D eigenvalue weighted by molar-refractivity contribution is 9.10. The van der Waals surface area contributed by atoms with E-state index in [9.17, 15) is 9.59 Å². The number of carbonyl (C=O) groups is 2. The molecule has 1 aliphatic heterocycles. The van der Waals surface area contributed by atoms with Crippen LogP contribution in [0.4, 0.5) is 0 Å². The smallest absolute Gasteiger partial charge is 0.304 e. The molecule has 19 heavy (non-hydrogen) atoms. The van der Waals surface area contributed by atoms with Crippen LogP contribution in [-0.2, 0) is 4.79 Å². The van der Waals surface area contributed by atoms with E-state index in [0.29, 0.717) is 34.7 Å². The minimum absolute atomic E-state index is 0.190. The van der Waals surface area contributed by atoms with Crippen LogP contribution in [0.1, 0.15) is 23.7 Å². The first-order valence-corrected chi connectivity index (χ1v) is 6.63. The van der Waals surface area contributed by atoms with E-state index in [2.05, 4.69) is 15.9 Å². The molecular weight excluding hydrogens is 316 g/mol. The monoisotopic (exact) mass is 328 g/mol. The summed E-state index contributed by atoms with van der Waals surface area (Å²) in [4.78, 5) is 22.8. The van der Waals surface area contributed by atoms with E-state index >= 15 is 0 Å². The molecule has 0 radical (unpaired) electrons. The lowest BCUT2D eigenvalue weighted by atomic mass is 9.96. The van der Waals surface area contributed by atoms with Crippen LogP contribution in [0.5, 0.6) is 11.5 Å². The maximum Gasteiger partial charge on any atom is 0.304 e. The number of ether oxygens (including phenoxy) is 2. The first-order valence-electron chi connectivity index (χ1n) is 5.84. The van der Waals surface area contributed by atoms with Crippen molar-refractivity contribution in [3.05, 3.63) is 22.2 Å².